The Hall–Kier alpha value is -1.26. The number of esters is 1. The van der Waals surface area contributed by atoms with Gasteiger partial charge < -0.3 is 14.8 Å². The standard InChI is InChI=1S/C26H51NO4/c1-5-7-9-10-11-12-13-14-15-16-17-18-19-21-30-25(28)24(22-23(3)4)27-26(29)31-20-8-6-2/h23-24H,5-22H2,1-4H3,(H,27,29)/t24-/m0/s1. The summed E-state index contributed by atoms with van der Waals surface area (Å²) in [5.74, 6) is -0.0649. The van der Waals surface area contributed by atoms with E-state index in [-0.39, 0.29) is 11.9 Å². The van der Waals surface area contributed by atoms with Crippen molar-refractivity contribution in [1.82, 2.24) is 5.32 Å². The molecule has 0 saturated carbocycles. The normalized spacial score (nSPS) is 12.0. The molecule has 5 heteroatoms. The van der Waals surface area contributed by atoms with E-state index in [0.29, 0.717) is 19.6 Å². The first-order chi connectivity index (χ1) is 15.0. The van der Waals surface area contributed by atoms with Gasteiger partial charge in [0.2, 0.25) is 0 Å². The summed E-state index contributed by atoms with van der Waals surface area (Å²) in [6.07, 6.45) is 18.6. The number of unbranched alkanes of at least 4 members (excludes halogenated alkanes) is 13. The van der Waals surface area contributed by atoms with Crippen LogP contribution in [-0.2, 0) is 14.3 Å². The molecule has 0 saturated heterocycles. The Morgan fingerprint density at radius 1 is 0.645 bits per heavy atom. The molecular formula is C26H51NO4. The summed E-state index contributed by atoms with van der Waals surface area (Å²) in [5, 5.41) is 2.67. The molecule has 0 spiro atoms. The highest BCUT2D eigenvalue weighted by molar-refractivity contribution is 5.81. The Morgan fingerprint density at radius 2 is 1.10 bits per heavy atom. The predicted molar refractivity (Wildman–Crippen MR) is 129 cm³/mol. The molecule has 0 aromatic carbocycles. The molecule has 0 aromatic rings. The van der Waals surface area contributed by atoms with E-state index in [2.05, 4.69) is 12.2 Å². The third-order valence-corrected chi connectivity index (χ3v) is 5.51. The van der Waals surface area contributed by atoms with Gasteiger partial charge in [-0.05, 0) is 25.2 Å². The van der Waals surface area contributed by atoms with Crippen molar-refractivity contribution in [2.75, 3.05) is 13.2 Å². The summed E-state index contributed by atoms with van der Waals surface area (Å²) in [6, 6.07) is -0.629. The Balaban J connectivity index is 3.75. The van der Waals surface area contributed by atoms with E-state index in [1.165, 1.54) is 70.6 Å². The van der Waals surface area contributed by atoms with Crippen molar-refractivity contribution in [2.24, 2.45) is 5.92 Å². The van der Waals surface area contributed by atoms with E-state index >= 15 is 0 Å². The van der Waals surface area contributed by atoms with Gasteiger partial charge in [0, 0.05) is 0 Å². The van der Waals surface area contributed by atoms with Crippen LogP contribution in [0.4, 0.5) is 4.79 Å². The fourth-order valence-electron chi connectivity index (χ4n) is 3.57. The van der Waals surface area contributed by atoms with Crippen molar-refractivity contribution in [1.29, 1.82) is 0 Å². The molecule has 0 aliphatic heterocycles. The smallest absolute Gasteiger partial charge is 0.407 e. The molecule has 0 heterocycles. The molecule has 0 aliphatic carbocycles. The largest absolute Gasteiger partial charge is 0.464 e. The van der Waals surface area contributed by atoms with Gasteiger partial charge in [-0.1, -0.05) is 111 Å². The number of carbonyl (C=O) groups is 2. The van der Waals surface area contributed by atoms with Gasteiger partial charge in [0.05, 0.1) is 13.2 Å². The van der Waals surface area contributed by atoms with Crippen LogP contribution < -0.4 is 5.32 Å². The van der Waals surface area contributed by atoms with Crippen LogP contribution in [0.15, 0.2) is 0 Å². The molecule has 1 N–H and O–H groups in total. The number of hydrogen-bond acceptors (Lipinski definition) is 4. The molecule has 0 aliphatic rings. The maximum atomic E-state index is 12.4. The molecule has 1 atom stereocenters. The molecule has 0 bridgehead atoms. The van der Waals surface area contributed by atoms with Crippen molar-refractivity contribution in [3.63, 3.8) is 0 Å². The number of carbonyl (C=O) groups excluding carboxylic acids is 2. The second-order valence-corrected chi connectivity index (χ2v) is 9.23. The second-order valence-electron chi connectivity index (χ2n) is 9.23. The lowest BCUT2D eigenvalue weighted by Gasteiger charge is -2.19. The number of alkyl carbamates (subject to hydrolysis) is 1. The van der Waals surface area contributed by atoms with E-state index < -0.39 is 12.1 Å². The predicted octanol–water partition coefficient (Wildman–Crippen LogP) is 7.56. The summed E-state index contributed by atoms with van der Waals surface area (Å²) in [6.45, 7) is 9.16. The molecule has 1 amide bonds. The summed E-state index contributed by atoms with van der Waals surface area (Å²) in [7, 11) is 0. The average molecular weight is 442 g/mol. The van der Waals surface area contributed by atoms with Crippen LogP contribution in [0.25, 0.3) is 0 Å². The van der Waals surface area contributed by atoms with Gasteiger partial charge >= 0.3 is 12.1 Å². The highest BCUT2D eigenvalue weighted by Gasteiger charge is 2.23. The zero-order valence-corrected chi connectivity index (χ0v) is 21.0. The number of hydrogen-bond donors (Lipinski definition) is 1. The Morgan fingerprint density at radius 3 is 1.58 bits per heavy atom. The first-order valence-electron chi connectivity index (χ1n) is 13.1. The Kier molecular flexibility index (Phi) is 21.1. The third-order valence-electron chi connectivity index (χ3n) is 5.51. The van der Waals surface area contributed by atoms with Gasteiger partial charge in [0.15, 0.2) is 0 Å². The second kappa shape index (κ2) is 22.0. The van der Waals surface area contributed by atoms with Gasteiger partial charge in [-0.2, -0.15) is 0 Å². The van der Waals surface area contributed by atoms with Crippen molar-refractivity contribution in [3.8, 4) is 0 Å². The summed E-state index contributed by atoms with van der Waals surface area (Å²) < 4.78 is 10.5. The zero-order chi connectivity index (χ0) is 23.2. The molecule has 0 rings (SSSR count). The number of amides is 1. The van der Waals surface area contributed by atoms with E-state index in [1.54, 1.807) is 0 Å². The van der Waals surface area contributed by atoms with Crippen LogP contribution in [0.5, 0.6) is 0 Å². The topological polar surface area (TPSA) is 64.6 Å². The van der Waals surface area contributed by atoms with Crippen molar-refractivity contribution >= 4 is 12.1 Å². The minimum atomic E-state index is -0.629. The monoisotopic (exact) mass is 441 g/mol. The fourth-order valence-corrected chi connectivity index (χ4v) is 3.57. The summed E-state index contributed by atoms with van der Waals surface area (Å²) >= 11 is 0. The molecule has 31 heavy (non-hydrogen) atoms. The van der Waals surface area contributed by atoms with Crippen LogP contribution in [0, 0.1) is 5.92 Å². The highest BCUT2D eigenvalue weighted by atomic mass is 16.6. The van der Waals surface area contributed by atoms with E-state index in [4.69, 9.17) is 9.47 Å². The van der Waals surface area contributed by atoms with Gasteiger partial charge in [-0.15, -0.1) is 0 Å². The van der Waals surface area contributed by atoms with Crippen LogP contribution >= 0.6 is 0 Å². The van der Waals surface area contributed by atoms with E-state index in [0.717, 1.165) is 25.7 Å². The first-order valence-corrected chi connectivity index (χ1v) is 13.1. The molecule has 0 aromatic heterocycles. The Labute approximate surface area is 192 Å². The van der Waals surface area contributed by atoms with Crippen LogP contribution in [-0.4, -0.2) is 31.3 Å². The lowest BCUT2D eigenvalue weighted by atomic mass is 10.0. The molecule has 0 unspecified atom stereocenters. The SMILES string of the molecule is CCCCCCCCCCCCCCCOC(=O)[C@H](CC(C)C)NC(=O)OCCCC. The number of rotatable bonds is 21. The van der Waals surface area contributed by atoms with Gasteiger partial charge in [-0.3, -0.25) is 0 Å². The average Bonchev–Trinajstić information content (AvgIpc) is 2.73. The Bertz CT molecular complexity index is 426. The lowest BCUT2D eigenvalue weighted by Crippen LogP contribution is -2.43. The summed E-state index contributed by atoms with van der Waals surface area (Å²) in [4.78, 5) is 24.2. The van der Waals surface area contributed by atoms with Crippen LogP contribution in [0.1, 0.15) is 130 Å². The maximum Gasteiger partial charge on any atom is 0.407 e. The fraction of sp³-hybridized carbons (Fsp3) is 0.923. The highest BCUT2D eigenvalue weighted by Crippen LogP contribution is 2.13. The molecule has 0 radical (unpaired) electrons. The van der Waals surface area contributed by atoms with Gasteiger partial charge in [-0.25, -0.2) is 9.59 Å². The lowest BCUT2D eigenvalue weighted by molar-refractivity contribution is -0.146. The molecule has 5 nitrogen and oxygen atoms in total. The first kappa shape index (κ1) is 29.7. The number of nitrogens with one attached hydrogen (secondary N) is 1. The van der Waals surface area contributed by atoms with E-state index in [1.807, 2.05) is 20.8 Å². The quantitative estimate of drug-likeness (QED) is 0.147. The third kappa shape index (κ3) is 20.4. The molecule has 184 valence electrons. The van der Waals surface area contributed by atoms with E-state index in [9.17, 15) is 9.59 Å². The van der Waals surface area contributed by atoms with Crippen molar-refractivity contribution < 1.29 is 19.1 Å². The zero-order valence-electron chi connectivity index (χ0n) is 21.0. The minimum absolute atomic E-state index is 0.282. The van der Waals surface area contributed by atoms with Crippen LogP contribution in [0.2, 0.25) is 0 Å². The molecule has 0 fully saturated rings. The van der Waals surface area contributed by atoms with Crippen molar-refractivity contribution in [2.45, 2.75) is 136 Å². The van der Waals surface area contributed by atoms with Gasteiger partial charge in [0.25, 0.3) is 0 Å². The van der Waals surface area contributed by atoms with Crippen molar-refractivity contribution in [3.05, 3.63) is 0 Å². The minimum Gasteiger partial charge on any atom is -0.464 e. The number of ether oxygens (including phenoxy) is 2. The molecular weight excluding hydrogens is 390 g/mol. The maximum absolute atomic E-state index is 12.4. The van der Waals surface area contributed by atoms with Crippen LogP contribution in [0.3, 0.4) is 0 Å². The van der Waals surface area contributed by atoms with Gasteiger partial charge in [0.1, 0.15) is 6.04 Å². The summed E-state index contributed by atoms with van der Waals surface area (Å²) in [5.41, 5.74) is 0.